The Morgan fingerprint density at radius 3 is 2.53 bits per heavy atom. The molecule has 0 unspecified atom stereocenters. The minimum absolute atomic E-state index is 0.177. The molecule has 1 saturated heterocycles. The van der Waals surface area contributed by atoms with E-state index in [0.717, 1.165) is 0 Å². The monoisotopic (exact) mass is 269 g/mol. The number of amides is 4. The van der Waals surface area contributed by atoms with Crippen LogP contribution in [0.25, 0.3) is 0 Å². The number of nitrogens with one attached hydrogen (secondary N) is 3. The standard InChI is InChI=1S/C12H19N3O4/c1-11(2,3)19-10(18)13-6-7-4-12(5-7)8(16)14-9(17)15-12/h7H,4-6H2,1-3H3,(H,13,18)(H2,14,15,16,17). The molecule has 0 atom stereocenters. The Morgan fingerprint density at radius 1 is 1.42 bits per heavy atom. The molecular formula is C12H19N3O4. The van der Waals surface area contributed by atoms with Gasteiger partial charge in [-0.2, -0.15) is 0 Å². The van der Waals surface area contributed by atoms with Crippen LogP contribution >= 0.6 is 0 Å². The predicted octanol–water partition coefficient (Wildman–Crippen LogP) is 0.499. The van der Waals surface area contributed by atoms with E-state index in [-0.39, 0.29) is 11.8 Å². The molecule has 1 heterocycles. The van der Waals surface area contributed by atoms with E-state index in [4.69, 9.17) is 4.74 Å². The van der Waals surface area contributed by atoms with E-state index in [0.29, 0.717) is 19.4 Å². The molecule has 1 aliphatic heterocycles. The van der Waals surface area contributed by atoms with Gasteiger partial charge in [-0.05, 0) is 39.5 Å². The normalized spacial score (nSPS) is 29.5. The minimum Gasteiger partial charge on any atom is -0.444 e. The van der Waals surface area contributed by atoms with Gasteiger partial charge in [-0.3, -0.25) is 10.1 Å². The van der Waals surface area contributed by atoms with Crippen molar-refractivity contribution < 1.29 is 19.1 Å². The summed E-state index contributed by atoms with van der Waals surface area (Å²) in [5.74, 6) is -0.0947. The quantitative estimate of drug-likeness (QED) is 0.636. The van der Waals surface area contributed by atoms with E-state index in [1.54, 1.807) is 20.8 Å². The number of imide groups is 1. The van der Waals surface area contributed by atoms with Gasteiger partial charge >= 0.3 is 12.1 Å². The third-order valence-corrected chi connectivity index (χ3v) is 3.22. The highest BCUT2D eigenvalue weighted by Crippen LogP contribution is 2.39. The largest absolute Gasteiger partial charge is 0.444 e. The first kappa shape index (κ1) is 13.6. The molecule has 19 heavy (non-hydrogen) atoms. The molecule has 2 rings (SSSR count). The van der Waals surface area contributed by atoms with Gasteiger partial charge in [0.25, 0.3) is 5.91 Å². The Morgan fingerprint density at radius 2 is 2.05 bits per heavy atom. The average molecular weight is 269 g/mol. The van der Waals surface area contributed by atoms with Gasteiger partial charge in [0.05, 0.1) is 0 Å². The molecule has 7 heteroatoms. The zero-order valence-electron chi connectivity index (χ0n) is 11.3. The lowest BCUT2D eigenvalue weighted by Crippen LogP contribution is -2.59. The van der Waals surface area contributed by atoms with Crippen molar-refractivity contribution in [3.05, 3.63) is 0 Å². The Labute approximate surface area is 111 Å². The van der Waals surface area contributed by atoms with Crippen molar-refractivity contribution in [1.29, 1.82) is 0 Å². The van der Waals surface area contributed by atoms with E-state index >= 15 is 0 Å². The molecule has 1 saturated carbocycles. The van der Waals surface area contributed by atoms with Crippen molar-refractivity contribution in [2.75, 3.05) is 6.54 Å². The smallest absolute Gasteiger partial charge is 0.407 e. The summed E-state index contributed by atoms with van der Waals surface area (Å²) in [6, 6.07) is -0.441. The number of urea groups is 1. The Bertz CT molecular complexity index is 421. The van der Waals surface area contributed by atoms with E-state index in [2.05, 4.69) is 16.0 Å². The summed E-state index contributed by atoms with van der Waals surface area (Å²) in [5, 5.41) is 7.52. The third-order valence-electron chi connectivity index (χ3n) is 3.22. The Kier molecular flexibility index (Phi) is 3.15. The minimum atomic E-state index is -0.753. The fourth-order valence-corrected chi connectivity index (χ4v) is 2.43. The van der Waals surface area contributed by atoms with Crippen LogP contribution in [0.1, 0.15) is 33.6 Å². The molecule has 0 aromatic rings. The first-order valence-corrected chi connectivity index (χ1v) is 6.31. The van der Waals surface area contributed by atoms with Crippen LogP contribution in [-0.4, -0.2) is 35.7 Å². The number of rotatable bonds is 2. The van der Waals surface area contributed by atoms with Crippen LogP contribution in [0.2, 0.25) is 0 Å². The highest BCUT2D eigenvalue weighted by Gasteiger charge is 2.55. The molecule has 0 bridgehead atoms. The van der Waals surface area contributed by atoms with Gasteiger partial charge < -0.3 is 15.4 Å². The predicted molar refractivity (Wildman–Crippen MR) is 66.4 cm³/mol. The zero-order valence-corrected chi connectivity index (χ0v) is 11.3. The molecule has 106 valence electrons. The summed E-state index contributed by atoms with van der Waals surface area (Å²) in [6.07, 6.45) is 0.620. The molecular weight excluding hydrogens is 250 g/mol. The summed E-state index contributed by atoms with van der Waals surface area (Å²) >= 11 is 0. The van der Waals surface area contributed by atoms with Crippen LogP contribution in [0, 0.1) is 5.92 Å². The maximum atomic E-state index is 11.6. The van der Waals surface area contributed by atoms with Crippen molar-refractivity contribution in [1.82, 2.24) is 16.0 Å². The highest BCUT2D eigenvalue weighted by atomic mass is 16.6. The van der Waals surface area contributed by atoms with Crippen LogP contribution < -0.4 is 16.0 Å². The van der Waals surface area contributed by atoms with Crippen molar-refractivity contribution in [2.45, 2.75) is 44.8 Å². The summed E-state index contributed by atoms with van der Waals surface area (Å²) in [6.45, 7) is 5.83. The van der Waals surface area contributed by atoms with E-state index in [1.165, 1.54) is 0 Å². The molecule has 7 nitrogen and oxygen atoms in total. The van der Waals surface area contributed by atoms with Gasteiger partial charge in [0, 0.05) is 6.54 Å². The maximum Gasteiger partial charge on any atom is 0.407 e. The highest BCUT2D eigenvalue weighted by molar-refractivity contribution is 6.07. The van der Waals surface area contributed by atoms with Crippen molar-refractivity contribution in [3.8, 4) is 0 Å². The van der Waals surface area contributed by atoms with E-state index in [9.17, 15) is 14.4 Å². The van der Waals surface area contributed by atoms with Crippen molar-refractivity contribution in [2.24, 2.45) is 5.92 Å². The van der Waals surface area contributed by atoms with Gasteiger partial charge in [-0.1, -0.05) is 0 Å². The van der Waals surface area contributed by atoms with E-state index in [1.807, 2.05) is 0 Å². The lowest BCUT2D eigenvalue weighted by atomic mass is 9.68. The summed E-state index contributed by atoms with van der Waals surface area (Å²) < 4.78 is 5.11. The lowest BCUT2D eigenvalue weighted by molar-refractivity contribution is -0.128. The number of ether oxygens (including phenoxy) is 1. The molecule has 1 spiro atoms. The average Bonchev–Trinajstić information content (AvgIpc) is 2.46. The molecule has 0 radical (unpaired) electrons. The molecule has 1 aliphatic carbocycles. The molecule has 3 N–H and O–H groups in total. The van der Waals surface area contributed by atoms with Gasteiger partial charge in [-0.25, -0.2) is 9.59 Å². The fourth-order valence-electron chi connectivity index (χ4n) is 2.43. The molecule has 2 aliphatic rings. The second-order valence-electron chi connectivity index (χ2n) is 6.15. The second-order valence-corrected chi connectivity index (χ2v) is 6.15. The van der Waals surface area contributed by atoms with Gasteiger partial charge in [0.1, 0.15) is 11.1 Å². The first-order chi connectivity index (χ1) is 8.70. The van der Waals surface area contributed by atoms with Crippen LogP contribution in [0.4, 0.5) is 9.59 Å². The van der Waals surface area contributed by atoms with Crippen LogP contribution in [-0.2, 0) is 9.53 Å². The SMILES string of the molecule is CC(C)(C)OC(=O)NCC1CC2(C1)NC(=O)NC2=O. The number of alkyl carbamates (subject to hydrolysis) is 1. The first-order valence-electron chi connectivity index (χ1n) is 6.31. The van der Waals surface area contributed by atoms with Crippen LogP contribution in [0.15, 0.2) is 0 Å². The molecule has 4 amide bonds. The summed E-state index contributed by atoms with van der Waals surface area (Å²) in [4.78, 5) is 34.1. The Hall–Kier alpha value is -1.79. The number of hydrogen-bond donors (Lipinski definition) is 3. The zero-order chi connectivity index (χ0) is 14.3. The number of hydrogen-bond acceptors (Lipinski definition) is 4. The number of carbonyl (C=O) groups excluding carboxylic acids is 3. The van der Waals surface area contributed by atoms with E-state index < -0.39 is 23.3 Å². The second kappa shape index (κ2) is 4.40. The van der Waals surface area contributed by atoms with Gasteiger partial charge in [-0.15, -0.1) is 0 Å². The molecule has 0 aromatic carbocycles. The Balaban J connectivity index is 1.73. The molecule has 2 fully saturated rings. The molecule has 0 aromatic heterocycles. The van der Waals surface area contributed by atoms with Gasteiger partial charge in [0.15, 0.2) is 0 Å². The maximum absolute atomic E-state index is 11.6. The lowest BCUT2D eigenvalue weighted by Gasteiger charge is -2.42. The topological polar surface area (TPSA) is 96.5 Å². The van der Waals surface area contributed by atoms with Crippen molar-refractivity contribution >= 4 is 18.0 Å². The fraction of sp³-hybridized carbons (Fsp3) is 0.750. The summed E-state index contributed by atoms with van der Waals surface area (Å²) in [7, 11) is 0. The van der Waals surface area contributed by atoms with Gasteiger partial charge in [0.2, 0.25) is 0 Å². The van der Waals surface area contributed by atoms with Crippen LogP contribution in [0.3, 0.4) is 0 Å². The third kappa shape index (κ3) is 2.97. The summed E-state index contributed by atoms with van der Waals surface area (Å²) in [5.41, 5.74) is -1.28. The van der Waals surface area contributed by atoms with Crippen LogP contribution in [0.5, 0.6) is 0 Å². The van der Waals surface area contributed by atoms with Crippen molar-refractivity contribution in [3.63, 3.8) is 0 Å². The number of carbonyl (C=O) groups is 3.